The van der Waals surface area contributed by atoms with Gasteiger partial charge in [-0.2, -0.15) is 0 Å². The standard InChI is InChI=1S/C9H18BN3O4/c14-10(15)8-6-5-16-3-1-7(6)13(12-8)9-11-2-4-17-9/h6-9,11-12,14-15H,1-5H2. The topological polar surface area (TPSA) is 86.2 Å². The van der Waals surface area contributed by atoms with E-state index >= 15 is 0 Å². The molecule has 0 bridgehead atoms. The lowest BCUT2D eigenvalue weighted by Crippen LogP contribution is -2.53. The zero-order chi connectivity index (χ0) is 11.8. The average molecular weight is 243 g/mol. The molecule has 4 unspecified atom stereocenters. The summed E-state index contributed by atoms with van der Waals surface area (Å²) in [7, 11) is -1.38. The van der Waals surface area contributed by atoms with Crippen LogP contribution in [0.5, 0.6) is 0 Å². The molecule has 0 aromatic heterocycles. The number of hydrazine groups is 1. The Morgan fingerprint density at radius 1 is 1.29 bits per heavy atom. The van der Waals surface area contributed by atoms with Gasteiger partial charge in [0.25, 0.3) is 0 Å². The van der Waals surface area contributed by atoms with E-state index in [1.54, 1.807) is 0 Å². The van der Waals surface area contributed by atoms with Crippen molar-refractivity contribution in [2.24, 2.45) is 5.92 Å². The summed E-state index contributed by atoms with van der Waals surface area (Å²) in [6.07, 6.45) is 0.701. The molecule has 0 spiro atoms. The molecule has 7 nitrogen and oxygen atoms in total. The van der Waals surface area contributed by atoms with Gasteiger partial charge >= 0.3 is 7.12 Å². The summed E-state index contributed by atoms with van der Waals surface area (Å²) in [5.74, 6) is -0.291. The molecule has 0 saturated carbocycles. The van der Waals surface area contributed by atoms with Crippen molar-refractivity contribution < 1.29 is 19.5 Å². The number of rotatable bonds is 2. The van der Waals surface area contributed by atoms with E-state index in [4.69, 9.17) is 9.47 Å². The molecule has 0 aromatic carbocycles. The van der Waals surface area contributed by atoms with E-state index in [0.717, 1.165) is 13.0 Å². The Balaban J connectivity index is 1.75. The molecule has 0 aliphatic carbocycles. The molecule has 3 aliphatic rings. The number of nitrogens with zero attached hydrogens (tertiary/aromatic N) is 1. The summed E-state index contributed by atoms with van der Waals surface area (Å²) in [5.41, 5.74) is 3.14. The van der Waals surface area contributed by atoms with Gasteiger partial charge in [-0.1, -0.05) is 0 Å². The van der Waals surface area contributed by atoms with Crippen LogP contribution in [0.1, 0.15) is 6.42 Å². The maximum Gasteiger partial charge on any atom is 0.471 e. The van der Waals surface area contributed by atoms with Crippen molar-refractivity contribution in [1.82, 2.24) is 15.8 Å². The van der Waals surface area contributed by atoms with E-state index in [1.165, 1.54) is 0 Å². The monoisotopic (exact) mass is 243 g/mol. The van der Waals surface area contributed by atoms with Gasteiger partial charge < -0.3 is 19.5 Å². The SMILES string of the molecule is OB(O)C1NN(C2NCCO2)C2CCOCC12. The van der Waals surface area contributed by atoms with Crippen molar-refractivity contribution >= 4 is 7.12 Å². The Morgan fingerprint density at radius 3 is 2.88 bits per heavy atom. The number of ether oxygens (including phenoxy) is 2. The van der Waals surface area contributed by atoms with Crippen molar-refractivity contribution in [3.8, 4) is 0 Å². The summed E-state index contributed by atoms with van der Waals surface area (Å²) in [5, 5.41) is 24.0. The van der Waals surface area contributed by atoms with Gasteiger partial charge in [-0.3, -0.25) is 5.32 Å². The summed E-state index contributed by atoms with van der Waals surface area (Å²) in [4.78, 5) is 0. The van der Waals surface area contributed by atoms with E-state index in [-0.39, 0.29) is 24.3 Å². The van der Waals surface area contributed by atoms with Crippen LogP contribution in [0.2, 0.25) is 0 Å². The Bertz CT molecular complexity index is 277. The smallest absolute Gasteiger partial charge is 0.426 e. The number of fused-ring (bicyclic) bond motifs is 1. The maximum absolute atomic E-state index is 9.40. The Kier molecular flexibility index (Phi) is 3.35. The predicted octanol–water partition coefficient (Wildman–Crippen LogP) is -2.50. The van der Waals surface area contributed by atoms with Gasteiger partial charge in [0.05, 0.1) is 19.2 Å². The molecule has 96 valence electrons. The van der Waals surface area contributed by atoms with Crippen LogP contribution >= 0.6 is 0 Å². The summed E-state index contributed by atoms with van der Waals surface area (Å²) < 4.78 is 11.0. The third-order valence-electron chi connectivity index (χ3n) is 3.75. The van der Waals surface area contributed by atoms with Crippen LogP contribution in [-0.2, 0) is 9.47 Å². The normalized spacial score (nSPS) is 42.7. The third kappa shape index (κ3) is 2.10. The van der Waals surface area contributed by atoms with Crippen LogP contribution in [0.4, 0.5) is 0 Å². The molecule has 3 aliphatic heterocycles. The summed E-state index contributed by atoms with van der Waals surface area (Å²) in [6, 6.07) is 0.228. The first kappa shape index (κ1) is 11.9. The zero-order valence-electron chi connectivity index (χ0n) is 9.58. The van der Waals surface area contributed by atoms with Crippen molar-refractivity contribution in [3.05, 3.63) is 0 Å². The molecule has 4 N–H and O–H groups in total. The molecule has 3 heterocycles. The Labute approximate surface area is 100 Å². The van der Waals surface area contributed by atoms with E-state index in [2.05, 4.69) is 10.7 Å². The third-order valence-corrected chi connectivity index (χ3v) is 3.75. The van der Waals surface area contributed by atoms with Crippen LogP contribution in [0.3, 0.4) is 0 Å². The largest absolute Gasteiger partial charge is 0.471 e. The van der Waals surface area contributed by atoms with Gasteiger partial charge in [-0.25, -0.2) is 10.4 Å². The van der Waals surface area contributed by atoms with Crippen molar-refractivity contribution in [1.29, 1.82) is 0 Å². The highest BCUT2D eigenvalue weighted by molar-refractivity contribution is 6.43. The van der Waals surface area contributed by atoms with E-state index in [0.29, 0.717) is 19.8 Å². The number of hydrogen-bond donors (Lipinski definition) is 4. The van der Waals surface area contributed by atoms with Gasteiger partial charge in [0.15, 0.2) is 6.35 Å². The van der Waals surface area contributed by atoms with Gasteiger partial charge in [-0.05, 0) is 6.42 Å². The molecule has 8 heteroatoms. The molecule has 0 aromatic rings. The molecule has 0 amide bonds. The quantitative estimate of drug-likeness (QED) is 0.399. The summed E-state index contributed by atoms with van der Waals surface area (Å²) >= 11 is 0. The fourth-order valence-corrected chi connectivity index (χ4v) is 2.92. The number of nitrogens with one attached hydrogen (secondary N) is 2. The second kappa shape index (κ2) is 4.81. The first-order valence-electron chi connectivity index (χ1n) is 6.11. The predicted molar refractivity (Wildman–Crippen MR) is 59.4 cm³/mol. The van der Waals surface area contributed by atoms with Crippen molar-refractivity contribution in [2.45, 2.75) is 24.8 Å². The molecule has 0 radical (unpaired) electrons. The van der Waals surface area contributed by atoms with Crippen LogP contribution < -0.4 is 10.7 Å². The van der Waals surface area contributed by atoms with Gasteiger partial charge in [-0.15, -0.1) is 0 Å². The lowest BCUT2D eigenvalue weighted by atomic mass is 9.70. The lowest BCUT2D eigenvalue weighted by Gasteiger charge is -2.33. The highest BCUT2D eigenvalue weighted by atomic mass is 16.5. The fourth-order valence-electron chi connectivity index (χ4n) is 2.92. The lowest BCUT2D eigenvalue weighted by molar-refractivity contribution is -0.0862. The van der Waals surface area contributed by atoms with Gasteiger partial charge in [0, 0.05) is 25.1 Å². The average Bonchev–Trinajstić information content (AvgIpc) is 2.95. The molecule has 3 rings (SSSR count). The Hall–Kier alpha value is -0.215. The molecule has 3 saturated heterocycles. The maximum atomic E-state index is 9.40. The Morgan fingerprint density at radius 2 is 2.18 bits per heavy atom. The minimum Gasteiger partial charge on any atom is -0.426 e. The fraction of sp³-hybridized carbons (Fsp3) is 1.00. The minimum atomic E-state index is -1.38. The van der Waals surface area contributed by atoms with E-state index in [1.807, 2.05) is 5.01 Å². The second-order valence-electron chi connectivity index (χ2n) is 4.75. The summed E-state index contributed by atoms with van der Waals surface area (Å²) in [6.45, 7) is 2.77. The molecule has 17 heavy (non-hydrogen) atoms. The van der Waals surface area contributed by atoms with Crippen molar-refractivity contribution in [3.63, 3.8) is 0 Å². The molecule has 3 fully saturated rings. The van der Waals surface area contributed by atoms with Crippen LogP contribution in [0.15, 0.2) is 0 Å². The second-order valence-corrected chi connectivity index (χ2v) is 4.75. The van der Waals surface area contributed by atoms with Crippen LogP contribution in [0.25, 0.3) is 0 Å². The first-order chi connectivity index (χ1) is 8.27. The molecular weight excluding hydrogens is 225 g/mol. The molecular formula is C9H18BN3O4. The minimum absolute atomic E-state index is 0.0924. The first-order valence-corrected chi connectivity index (χ1v) is 6.11. The highest BCUT2D eigenvalue weighted by Gasteiger charge is 2.50. The van der Waals surface area contributed by atoms with E-state index < -0.39 is 7.12 Å². The van der Waals surface area contributed by atoms with Gasteiger partial charge in [0.1, 0.15) is 0 Å². The van der Waals surface area contributed by atoms with Crippen LogP contribution in [0, 0.1) is 5.92 Å². The van der Waals surface area contributed by atoms with E-state index in [9.17, 15) is 10.0 Å². The zero-order valence-corrected chi connectivity index (χ0v) is 9.58. The molecule has 4 atom stereocenters. The van der Waals surface area contributed by atoms with Crippen LogP contribution in [-0.4, -0.2) is 66.9 Å². The van der Waals surface area contributed by atoms with Crippen molar-refractivity contribution in [2.75, 3.05) is 26.4 Å². The van der Waals surface area contributed by atoms with Gasteiger partial charge in [0.2, 0.25) is 0 Å². The highest BCUT2D eigenvalue weighted by Crippen LogP contribution is 2.30. The number of hydrogen-bond acceptors (Lipinski definition) is 7.